The van der Waals surface area contributed by atoms with Gasteiger partial charge in [-0.1, -0.05) is 36.7 Å². The Morgan fingerprint density at radius 2 is 1.90 bits per heavy atom. The van der Waals surface area contributed by atoms with Crippen LogP contribution < -0.4 is 5.32 Å². The van der Waals surface area contributed by atoms with E-state index in [9.17, 15) is 4.79 Å². The lowest BCUT2D eigenvalue weighted by Crippen LogP contribution is -2.25. The predicted molar refractivity (Wildman–Crippen MR) is 119 cm³/mol. The van der Waals surface area contributed by atoms with Gasteiger partial charge in [-0.05, 0) is 50.1 Å². The van der Waals surface area contributed by atoms with Crippen molar-refractivity contribution < 1.29 is 4.79 Å². The van der Waals surface area contributed by atoms with E-state index in [0.717, 1.165) is 34.8 Å². The molecular weight excluding hydrogens is 398 g/mol. The highest BCUT2D eigenvalue weighted by Gasteiger charge is 2.29. The third-order valence-corrected chi connectivity index (χ3v) is 5.52. The Balaban J connectivity index is 1.96. The zero-order valence-electron chi connectivity index (χ0n) is 17.3. The second kappa shape index (κ2) is 8.40. The fourth-order valence-electron chi connectivity index (χ4n) is 3.78. The van der Waals surface area contributed by atoms with Gasteiger partial charge >= 0.3 is 0 Å². The summed E-state index contributed by atoms with van der Waals surface area (Å²) < 4.78 is 2.02. The van der Waals surface area contributed by atoms with Crippen LogP contribution in [0, 0.1) is 6.92 Å². The van der Waals surface area contributed by atoms with Crippen LogP contribution in [-0.2, 0) is 11.2 Å². The number of hydrogen-bond acceptors (Lipinski definition) is 4. The number of carbonyl (C=O) groups is 1. The standard InChI is InChI=1S/C23H24ClN5O/c1-4-15-6-11-20-18(12-15)22(16-7-9-17(24)10-8-16)26-19(13-21(30)25-5-2)23-28-27-14(3)29(20)23/h6-12,19H,4-5,13H2,1-3H3,(H,25,30)/t19-/m0/s1. The maximum absolute atomic E-state index is 12.4. The van der Waals surface area contributed by atoms with Crippen LogP contribution in [0.5, 0.6) is 0 Å². The van der Waals surface area contributed by atoms with Crippen molar-refractivity contribution in [3.63, 3.8) is 0 Å². The number of aryl methyl sites for hydroxylation is 2. The van der Waals surface area contributed by atoms with Crippen molar-refractivity contribution in [2.24, 2.45) is 4.99 Å². The molecule has 4 rings (SSSR count). The summed E-state index contributed by atoms with van der Waals surface area (Å²) in [5.74, 6) is 1.38. The molecule has 6 nitrogen and oxygen atoms in total. The number of aliphatic imine (C=N–C) groups is 1. The molecule has 0 fully saturated rings. The molecule has 0 saturated heterocycles. The maximum Gasteiger partial charge on any atom is 0.222 e. The van der Waals surface area contributed by atoms with Crippen molar-refractivity contribution in [1.82, 2.24) is 20.1 Å². The lowest BCUT2D eigenvalue weighted by molar-refractivity contribution is -0.121. The second-order valence-electron chi connectivity index (χ2n) is 7.30. The summed E-state index contributed by atoms with van der Waals surface area (Å²) in [4.78, 5) is 17.5. The molecule has 1 amide bonds. The minimum atomic E-state index is -0.444. The Labute approximate surface area is 181 Å². The molecule has 0 aliphatic carbocycles. The molecule has 154 valence electrons. The number of nitrogens with one attached hydrogen (secondary N) is 1. The molecule has 0 saturated carbocycles. The minimum Gasteiger partial charge on any atom is -0.356 e. The van der Waals surface area contributed by atoms with Gasteiger partial charge in [0.15, 0.2) is 5.82 Å². The van der Waals surface area contributed by atoms with E-state index < -0.39 is 6.04 Å². The molecule has 30 heavy (non-hydrogen) atoms. The highest BCUT2D eigenvalue weighted by Crippen LogP contribution is 2.33. The van der Waals surface area contributed by atoms with E-state index in [-0.39, 0.29) is 12.3 Å². The molecular formula is C23H24ClN5O. The summed E-state index contributed by atoms with van der Waals surface area (Å²) in [5.41, 5.74) is 4.96. The largest absolute Gasteiger partial charge is 0.356 e. The summed E-state index contributed by atoms with van der Waals surface area (Å²) in [5, 5.41) is 12.2. The van der Waals surface area contributed by atoms with E-state index >= 15 is 0 Å². The van der Waals surface area contributed by atoms with E-state index in [2.05, 4.69) is 40.6 Å². The molecule has 1 aromatic heterocycles. The first kappa shape index (κ1) is 20.3. The molecule has 1 atom stereocenters. The smallest absolute Gasteiger partial charge is 0.222 e. The van der Waals surface area contributed by atoms with Crippen LogP contribution in [0.2, 0.25) is 5.02 Å². The van der Waals surface area contributed by atoms with Gasteiger partial charge in [-0.15, -0.1) is 10.2 Å². The first-order valence-electron chi connectivity index (χ1n) is 10.2. The van der Waals surface area contributed by atoms with Gasteiger partial charge in [-0.25, -0.2) is 0 Å². The number of hydrogen-bond donors (Lipinski definition) is 1. The maximum atomic E-state index is 12.4. The highest BCUT2D eigenvalue weighted by molar-refractivity contribution is 6.30. The number of fused-ring (bicyclic) bond motifs is 3. The number of rotatable bonds is 5. The third-order valence-electron chi connectivity index (χ3n) is 5.27. The number of carbonyl (C=O) groups excluding carboxylic acids is 1. The van der Waals surface area contributed by atoms with Crippen LogP contribution in [-0.4, -0.2) is 32.9 Å². The number of halogens is 1. The summed E-state index contributed by atoms with van der Waals surface area (Å²) >= 11 is 6.12. The van der Waals surface area contributed by atoms with Gasteiger partial charge in [0.2, 0.25) is 5.91 Å². The molecule has 2 heterocycles. The monoisotopic (exact) mass is 421 g/mol. The molecule has 0 unspecified atom stereocenters. The Hall–Kier alpha value is -2.99. The van der Waals surface area contributed by atoms with Crippen molar-refractivity contribution in [3.05, 3.63) is 75.8 Å². The second-order valence-corrected chi connectivity index (χ2v) is 7.74. The summed E-state index contributed by atoms with van der Waals surface area (Å²) in [6.07, 6.45) is 1.12. The van der Waals surface area contributed by atoms with Crippen molar-refractivity contribution in [1.29, 1.82) is 0 Å². The van der Waals surface area contributed by atoms with Crippen LogP contribution in [0.4, 0.5) is 0 Å². The summed E-state index contributed by atoms with van der Waals surface area (Å²) in [6, 6.07) is 13.6. The van der Waals surface area contributed by atoms with Crippen molar-refractivity contribution in [3.8, 4) is 5.69 Å². The zero-order chi connectivity index (χ0) is 21.3. The van der Waals surface area contributed by atoms with Crippen LogP contribution in [0.15, 0.2) is 47.5 Å². The number of benzene rings is 2. The Kier molecular flexibility index (Phi) is 5.68. The molecule has 3 aromatic rings. The van der Waals surface area contributed by atoms with E-state index in [0.29, 0.717) is 17.4 Å². The van der Waals surface area contributed by atoms with Gasteiger partial charge in [-0.3, -0.25) is 14.4 Å². The number of amides is 1. The van der Waals surface area contributed by atoms with Gasteiger partial charge in [0.1, 0.15) is 11.9 Å². The van der Waals surface area contributed by atoms with E-state index in [1.165, 1.54) is 5.56 Å². The molecule has 0 spiro atoms. The first-order chi connectivity index (χ1) is 14.5. The molecule has 1 aliphatic heterocycles. The average Bonchev–Trinajstić information content (AvgIpc) is 3.06. The van der Waals surface area contributed by atoms with Crippen LogP contribution in [0.3, 0.4) is 0 Å². The summed E-state index contributed by atoms with van der Waals surface area (Å²) in [6.45, 7) is 6.53. The normalized spacial score (nSPS) is 15.1. The number of nitrogens with zero attached hydrogens (tertiary/aromatic N) is 4. The topological polar surface area (TPSA) is 72.2 Å². The minimum absolute atomic E-state index is 0.0610. The predicted octanol–water partition coefficient (Wildman–Crippen LogP) is 4.21. The van der Waals surface area contributed by atoms with Gasteiger partial charge in [0.05, 0.1) is 17.8 Å². The molecule has 1 N–H and O–H groups in total. The van der Waals surface area contributed by atoms with Crippen molar-refractivity contribution >= 4 is 23.2 Å². The van der Waals surface area contributed by atoms with Crippen LogP contribution >= 0.6 is 11.6 Å². The fraction of sp³-hybridized carbons (Fsp3) is 0.304. The van der Waals surface area contributed by atoms with Crippen LogP contribution in [0.25, 0.3) is 5.69 Å². The average molecular weight is 422 g/mol. The van der Waals surface area contributed by atoms with Crippen molar-refractivity contribution in [2.45, 2.75) is 39.7 Å². The molecule has 0 radical (unpaired) electrons. The quantitative estimate of drug-likeness (QED) is 0.670. The molecule has 2 aromatic carbocycles. The van der Waals surface area contributed by atoms with E-state index in [1.807, 2.05) is 42.7 Å². The Morgan fingerprint density at radius 3 is 2.60 bits per heavy atom. The van der Waals surface area contributed by atoms with Gasteiger partial charge < -0.3 is 5.32 Å². The fourth-order valence-corrected chi connectivity index (χ4v) is 3.91. The summed E-state index contributed by atoms with van der Waals surface area (Å²) in [7, 11) is 0. The highest BCUT2D eigenvalue weighted by atomic mass is 35.5. The lowest BCUT2D eigenvalue weighted by Gasteiger charge is -2.14. The Bertz CT molecular complexity index is 1120. The molecule has 0 bridgehead atoms. The van der Waals surface area contributed by atoms with Gasteiger partial charge in [-0.2, -0.15) is 0 Å². The zero-order valence-corrected chi connectivity index (χ0v) is 18.1. The Morgan fingerprint density at radius 1 is 1.13 bits per heavy atom. The SMILES string of the molecule is CCNC(=O)C[C@@H]1N=C(c2ccc(Cl)cc2)c2cc(CC)ccc2-n2c(C)nnc21. The number of aromatic nitrogens is 3. The van der Waals surface area contributed by atoms with Crippen LogP contribution in [0.1, 0.15) is 54.6 Å². The van der Waals surface area contributed by atoms with E-state index in [1.54, 1.807) is 0 Å². The van der Waals surface area contributed by atoms with Gasteiger partial charge in [0.25, 0.3) is 0 Å². The molecule has 7 heteroatoms. The lowest BCUT2D eigenvalue weighted by atomic mass is 9.97. The molecule has 1 aliphatic rings. The third kappa shape index (κ3) is 3.75. The van der Waals surface area contributed by atoms with Gasteiger partial charge in [0, 0.05) is 22.7 Å². The first-order valence-corrected chi connectivity index (χ1v) is 10.6. The van der Waals surface area contributed by atoms with E-state index in [4.69, 9.17) is 16.6 Å². The van der Waals surface area contributed by atoms with Crippen molar-refractivity contribution in [2.75, 3.05) is 6.54 Å².